The van der Waals surface area contributed by atoms with Gasteiger partial charge in [-0.25, -0.2) is 34.5 Å². The lowest BCUT2D eigenvalue weighted by atomic mass is 10.2. The first-order valence-electron chi connectivity index (χ1n) is 23.8. The lowest BCUT2D eigenvalue weighted by molar-refractivity contribution is -0.384. The molecule has 0 bridgehead atoms. The number of esters is 1. The number of aromatic amines is 5. The molecule has 0 atom stereocenters. The van der Waals surface area contributed by atoms with Gasteiger partial charge in [0.05, 0.1) is 78.3 Å². The van der Waals surface area contributed by atoms with Crippen LogP contribution in [0.15, 0.2) is 91.0 Å². The van der Waals surface area contributed by atoms with Crippen molar-refractivity contribution in [1.82, 2.24) is 49.8 Å². The summed E-state index contributed by atoms with van der Waals surface area (Å²) in [5, 5.41) is 28.2. The Kier molecular flexibility index (Phi) is 57.7. The lowest BCUT2D eigenvalue weighted by Crippen LogP contribution is -2.00. The first-order valence-corrected chi connectivity index (χ1v) is 23.8. The number of aromatic nitrogens is 10. The number of aromatic hydroxyl groups is 1. The number of anilines is 1. The van der Waals surface area contributed by atoms with Crippen molar-refractivity contribution >= 4 is 78.5 Å². The number of H-pyrrole nitrogens is 5. The number of ether oxygens (including phenoxy) is 1. The molecule has 9 N–H and O–H groups in total. The van der Waals surface area contributed by atoms with Gasteiger partial charge >= 0.3 is 11.9 Å². The second-order valence-corrected chi connectivity index (χ2v) is 13.8. The van der Waals surface area contributed by atoms with Crippen LogP contribution in [-0.4, -0.2) is 84.0 Å². The summed E-state index contributed by atoms with van der Waals surface area (Å²) in [4.78, 5) is 67.9. The van der Waals surface area contributed by atoms with Gasteiger partial charge in [0.2, 0.25) is 0 Å². The van der Waals surface area contributed by atoms with Crippen LogP contribution < -0.4 is 5.73 Å². The number of aromatic carboxylic acids is 1. The average molecular weight is 1150 g/mol. The number of carbonyl (C=O) groups is 2. The normalized spacial score (nSPS) is 8.34. The number of nitrogens with zero attached hydrogens (tertiary/aromatic N) is 6. The molecule has 5 heterocycles. The summed E-state index contributed by atoms with van der Waals surface area (Å²) in [6.07, 6.45) is 0. The van der Waals surface area contributed by atoms with Crippen molar-refractivity contribution in [2.75, 3.05) is 12.8 Å². The number of phenolic OH excluding ortho intramolecular Hbond substituents is 1. The molecule has 10 rings (SSSR count). The number of hydrogen-bond donors (Lipinski definition) is 8. The molecule has 82 heavy (non-hydrogen) atoms. The summed E-state index contributed by atoms with van der Waals surface area (Å²) >= 11 is 0. The van der Waals surface area contributed by atoms with E-state index >= 15 is 0 Å². The summed E-state index contributed by atoms with van der Waals surface area (Å²) in [6, 6.07) is 25.3. The van der Waals surface area contributed by atoms with Crippen molar-refractivity contribution in [2.24, 2.45) is 0 Å². The molecule has 19 nitrogen and oxygen atoms in total. The Balaban J connectivity index is -0.0000000924. The SMILES string of the molecule is C.C.C.C.C.C.C.C.C.C.CC.CC.CC.CC.CC.COC(=O)c1ccc2nc(C)[nH]c2c1.Cc1nc2ccc(C(=O)O)cc2[nH]1.Cc1nc2ccc(N)cc2[nH]1.Cc1nc2ccc(O)cc2[nH]1.Cc1nc2ccc([N+](=O)[O-])cc2[nH]1. The van der Waals surface area contributed by atoms with E-state index in [1.165, 1.54) is 19.2 Å². The van der Waals surface area contributed by atoms with Crippen LogP contribution >= 0.6 is 0 Å². The fourth-order valence-electron chi connectivity index (χ4n) is 6.17. The number of nitro benzene ring substituents is 1. The standard InChI is InChI=1S/C10H10N2O2.C9H8N2O2.C8H7N3O2.C8H9N3.C8H8N2O.5C2H6.10CH4/c1-6-11-8-4-3-7(10(13)14-2)5-9(8)12-6;1-5-10-7-3-2-6(9(12)13)4-8(7)11-5;1-5-9-7-3-2-6(11(12)13)4-8(7)10-5;1-5-10-7-3-2-6(9)4-8(7)11-5;1-5-9-7-3-2-6(11)4-8(7)10-5;5*1-2;;;;;;;;;;/h3-5H,1-2H3,(H,11,12);2-4H,1H3,(H,10,11)(H,12,13);2-4H,1H3,(H,9,10);2-4H,9H2,1H3,(H,10,11);2-4,11H,1H3,(H,9,10);5*1-2H3;10*1H4. The Morgan fingerprint density at radius 1 is 0.451 bits per heavy atom. The molecule has 0 aliphatic rings. The molecule has 0 unspecified atom stereocenters. The summed E-state index contributed by atoms with van der Waals surface area (Å²) in [5.41, 5.74) is 15.7. The van der Waals surface area contributed by atoms with Crippen molar-refractivity contribution in [3.8, 4) is 5.75 Å². The van der Waals surface area contributed by atoms with E-state index in [2.05, 4.69) is 54.6 Å². The third kappa shape index (κ3) is 29.0. The molecule has 19 heteroatoms. The van der Waals surface area contributed by atoms with Gasteiger partial charge in [0.25, 0.3) is 5.69 Å². The molecule has 5 aromatic carbocycles. The highest BCUT2D eigenvalue weighted by Crippen LogP contribution is 2.20. The molecule has 0 aliphatic carbocycles. The lowest BCUT2D eigenvalue weighted by Gasteiger charge is -1.97. The molecular weight excluding hydrogens is 1040 g/mol. The number of imidazole rings is 5. The molecule has 466 valence electrons. The van der Waals surface area contributed by atoms with E-state index in [9.17, 15) is 19.7 Å². The minimum Gasteiger partial charge on any atom is -0.508 e. The maximum Gasteiger partial charge on any atom is 0.337 e. The van der Waals surface area contributed by atoms with E-state index in [1.807, 2.05) is 122 Å². The molecule has 0 saturated heterocycles. The second kappa shape index (κ2) is 49.4. The van der Waals surface area contributed by atoms with Gasteiger partial charge in [0.15, 0.2) is 0 Å². The van der Waals surface area contributed by atoms with Crippen molar-refractivity contribution in [2.45, 2.75) is 178 Å². The predicted octanol–water partition coefficient (Wildman–Crippen LogP) is 19.5. The number of nitrogen functional groups attached to an aromatic ring is 1. The minimum absolute atomic E-state index is 0. The van der Waals surface area contributed by atoms with E-state index < -0.39 is 10.9 Å². The summed E-state index contributed by atoms with van der Waals surface area (Å²) in [6.45, 7) is 29.3. The van der Waals surface area contributed by atoms with Crippen LogP contribution in [0.4, 0.5) is 11.4 Å². The second-order valence-electron chi connectivity index (χ2n) is 13.8. The Hall–Kier alpha value is -8.61. The first kappa shape index (κ1) is 95.7. The fraction of sp³-hybridized carbons (Fsp3) is 0.413. The van der Waals surface area contributed by atoms with Gasteiger partial charge in [-0.05, 0) is 107 Å². The van der Waals surface area contributed by atoms with Gasteiger partial charge in [0, 0.05) is 23.9 Å². The fourth-order valence-corrected chi connectivity index (χ4v) is 6.17. The maximum absolute atomic E-state index is 11.2. The van der Waals surface area contributed by atoms with Crippen molar-refractivity contribution in [1.29, 1.82) is 0 Å². The number of nitro groups is 1. The van der Waals surface area contributed by atoms with Crippen molar-refractivity contribution in [3.63, 3.8) is 0 Å². The molecule has 0 spiro atoms. The number of benzene rings is 5. The Morgan fingerprint density at radius 3 is 1.07 bits per heavy atom. The Bertz CT molecular complexity index is 3050. The highest BCUT2D eigenvalue weighted by Gasteiger charge is 2.09. The van der Waals surface area contributed by atoms with Crippen LogP contribution in [0.25, 0.3) is 55.2 Å². The third-order valence-electron chi connectivity index (χ3n) is 8.87. The number of fused-ring (bicyclic) bond motifs is 5. The van der Waals surface area contributed by atoms with Gasteiger partial charge in [-0.3, -0.25) is 10.1 Å². The van der Waals surface area contributed by atoms with Crippen molar-refractivity contribution in [3.05, 3.63) is 141 Å². The van der Waals surface area contributed by atoms with Gasteiger partial charge in [-0.2, -0.15) is 0 Å². The molecular formula is C63H112N12O7. The topological polar surface area (TPSA) is 296 Å². The molecule has 10 aromatic rings. The van der Waals surface area contributed by atoms with E-state index in [0.29, 0.717) is 11.1 Å². The Labute approximate surface area is 494 Å². The number of rotatable bonds is 3. The number of phenols is 1. The van der Waals surface area contributed by atoms with Crippen LogP contribution in [0.5, 0.6) is 5.75 Å². The van der Waals surface area contributed by atoms with Crippen LogP contribution in [0.3, 0.4) is 0 Å². The van der Waals surface area contributed by atoms with E-state index in [1.54, 1.807) is 60.7 Å². The largest absolute Gasteiger partial charge is 0.508 e. The van der Waals surface area contributed by atoms with E-state index in [-0.39, 0.29) is 97.2 Å². The minimum atomic E-state index is -0.922. The number of carbonyl (C=O) groups excluding carboxylic acids is 1. The predicted molar refractivity (Wildman–Crippen MR) is 359 cm³/mol. The van der Waals surface area contributed by atoms with Crippen LogP contribution in [0.1, 0.15) is 193 Å². The maximum atomic E-state index is 11.2. The quantitative estimate of drug-likeness (QED) is 0.0354. The zero-order chi connectivity index (χ0) is 54.7. The number of carboxylic acid groups (broad SMARTS) is 1. The molecule has 0 amide bonds. The van der Waals surface area contributed by atoms with Crippen molar-refractivity contribution < 1.29 is 29.5 Å². The number of nitrogens with one attached hydrogen (secondary N) is 5. The monoisotopic (exact) mass is 1150 g/mol. The number of aryl methyl sites for hydroxylation is 5. The van der Waals surface area contributed by atoms with Crippen LogP contribution in [0, 0.1) is 44.7 Å². The number of methoxy groups -OCH3 is 1. The molecule has 0 aliphatic heterocycles. The smallest absolute Gasteiger partial charge is 0.337 e. The molecule has 0 radical (unpaired) electrons. The first-order chi connectivity index (χ1) is 34.5. The Morgan fingerprint density at radius 2 is 0.732 bits per heavy atom. The van der Waals surface area contributed by atoms with E-state index in [4.69, 9.17) is 15.9 Å². The highest BCUT2D eigenvalue weighted by molar-refractivity contribution is 5.94. The molecule has 5 aromatic heterocycles. The van der Waals surface area contributed by atoms with Crippen LogP contribution in [0.2, 0.25) is 0 Å². The number of hydrogen-bond acceptors (Lipinski definition) is 12. The van der Waals surface area contributed by atoms with Crippen LogP contribution in [-0.2, 0) is 4.74 Å². The highest BCUT2D eigenvalue weighted by atomic mass is 16.6. The molecule has 0 saturated carbocycles. The summed E-state index contributed by atoms with van der Waals surface area (Å²) in [5.74, 6) is 3.18. The van der Waals surface area contributed by atoms with Gasteiger partial charge in [-0.1, -0.05) is 144 Å². The summed E-state index contributed by atoms with van der Waals surface area (Å²) < 4.78 is 4.62. The number of nitrogens with two attached hydrogens (primary N) is 1. The van der Waals surface area contributed by atoms with E-state index in [0.717, 1.165) is 84.5 Å². The third-order valence-corrected chi connectivity index (χ3v) is 8.87. The zero-order valence-corrected chi connectivity index (χ0v) is 44.4. The summed E-state index contributed by atoms with van der Waals surface area (Å²) in [7, 11) is 1.37. The average Bonchev–Trinajstić information content (AvgIpc) is 4.22. The zero-order valence-electron chi connectivity index (χ0n) is 44.4. The number of non-ortho nitro benzene ring substituents is 1. The van der Waals surface area contributed by atoms with Gasteiger partial charge in [0.1, 0.15) is 34.9 Å². The number of carboxylic acids is 1. The molecule has 0 fully saturated rings. The van der Waals surface area contributed by atoms with Gasteiger partial charge in [-0.15, -0.1) is 0 Å². The van der Waals surface area contributed by atoms with Gasteiger partial charge < -0.3 is 45.6 Å².